The van der Waals surface area contributed by atoms with Gasteiger partial charge >= 0.3 is 0 Å². The van der Waals surface area contributed by atoms with E-state index in [-0.39, 0.29) is 17.6 Å². The summed E-state index contributed by atoms with van der Waals surface area (Å²) in [7, 11) is -3.49. The molecule has 118 valence electrons. The van der Waals surface area contributed by atoms with Gasteiger partial charge in [-0.05, 0) is 24.5 Å². The van der Waals surface area contributed by atoms with E-state index in [1.807, 2.05) is 6.07 Å². The van der Waals surface area contributed by atoms with E-state index in [1.54, 1.807) is 23.4 Å². The van der Waals surface area contributed by atoms with Gasteiger partial charge in [0.1, 0.15) is 5.82 Å². The molecule has 0 saturated carbocycles. The van der Waals surface area contributed by atoms with Gasteiger partial charge in [-0.3, -0.25) is 4.79 Å². The van der Waals surface area contributed by atoms with Crippen molar-refractivity contribution in [2.45, 2.75) is 6.42 Å². The third kappa shape index (κ3) is 3.37. The minimum Gasteiger partial charge on any atom is -0.344 e. The van der Waals surface area contributed by atoms with Gasteiger partial charge in [0.25, 0.3) is 5.91 Å². The highest BCUT2D eigenvalue weighted by Crippen LogP contribution is 2.28. The molecule has 0 spiro atoms. The number of carbonyl (C=O) groups is 1. The van der Waals surface area contributed by atoms with Crippen molar-refractivity contribution < 1.29 is 13.2 Å². The van der Waals surface area contributed by atoms with Crippen molar-refractivity contribution in [1.82, 2.24) is 14.9 Å². The zero-order valence-electron chi connectivity index (χ0n) is 11.7. The topological polar surface area (TPSA) is 109 Å². The molecule has 1 saturated heterocycles. The predicted octanol–water partition coefficient (Wildman–Crippen LogP) is 0.889. The Morgan fingerprint density at radius 3 is 3.00 bits per heavy atom. The number of thiophene rings is 1. The molecule has 1 aliphatic heterocycles. The number of amides is 1. The first kappa shape index (κ1) is 15.2. The quantitative estimate of drug-likeness (QED) is 0.861. The van der Waals surface area contributed by atoms with E-state index >= 15 is 0 Å². The molecule has 22 heavy (non-hydrogen) atoms. The van der Waals surface area contributed by atoms with Crippen LogP contribution >= 0.6 is 11.3 Å². The molecule has 3 rings (SSSR count). The lowest BCUT2D eigenvalue weighted by Gasteiger charge is -2.15. The van der Waals surface area contributed by atoms with Crippen LogP contribution in [0.4, 0.5) is 0 Å². The Morgan fingerprint density at radius 1 is 1.50 bits per heavy atom. The Balaban J connectivity index is 1.68. The van der Waals surface area contributed by atoms with Gasteiger partial charge in [0.2, 0.25) is 10.0 Å². The number of nitrogens with zero attached hydrogens (tertiary/aromatic N) is 2. The fraction of sp³-hybridized carbons (Fsp3) is 0.385. The molecule has 2 aromatic rings. The number of primary sulfonamides is 1. The Morgan fingerprint density at radius 2 is 2.32 bits per heavy atom. The standard InChI is InChI=1S/C13H16N4O3S2/c14-22(19,20)8-9-3-6-17(7-9)13(18)11-2-1-10(21-11)12-15-4-5-16-12/h1-2,4-5,9H,3,6-8H2,(H,15,16)(H2,14,19,20)/t9-/m0/s1. The SMILES string of the molecule is NS(=O)(=O)C[C@H]1CCN(C(=O)c2ccc(-c3ncc[nH]3)s2)C1. The molecule has 1 aliphatic rings. The van der Waals surface area contributed by atoms with Crippen LogP contribution in [0.5, 0.6) is 0 Å². The summed E-state index contributed by atoms with van der Waals surface area (Å²) in [6.07, 6.45) is 4.06. The largest absolute Gasteiger partial charge is 0.344 e. The van der Waals surface area contributed by atoms with Gasteiger partial charge < -0.3 is 9.88 Å². The van der Waals surface area contributed by atoms with Gasteiger partial charge in [0.15, 0.2) is 0 Å². The van der Waals surface area contributed by atoms with Crippen molar-refractivity contribution in [3.8, 4) is 10.7 Å². The van der Waals surface area contributed by atoms with Crippen molar-refractivity contribution in [2.24, 2.45) is 11.1 Å². The number of hydrogen-bond acceptors (Lipinski definition) is 5. The lowest BCUT2D eigenvalue weighted by Crippen LogP contribution is -2.30. The van der Waals surface area contributed by atoms with Crippen molar-refractivity contribution >= 4 is 27.3 Å². The zero-order valence-corrected chi connectivity index (χ0v) is 13.4. The Bertz CT molecular complexity index is 767. The lowest BCUT2D eigenvalue weighted by molar-refractivity contribution is 0.0793. The van der Waals surface area contributed by atoms with Crippen LogP contribution < -0.4 is 5.14 Å². The first-order chi connectivity index (χ1) is 10.4. The number of aromatic amines is 1. The molecule has 0 aliphatic carbocycles. The predicted molar refractivity (Wildman–Crippen MR) is 83.9 cm³/mol. The molecule has 7 nitrogen and oxygen atoms in total. The van der Waals surface area contributed by atoms with E-state index in [0.29, 0.717) is 24.4 Å². The van der Waals surface area contributed by atoms with Crippen LogP contribution in [0.25, 0.3) is 10.7 Å². The van der Waals surface area contributed by atoms with E-state index in [9.17, 15) is 13.2 Å². The van der Waals surface area contributed by atoms with E-state index in [2.05, 4.69) is 9.97 Å². The Kier molecular flexibility index (Phi) is 4.02. The van der Waals surface area contributed by atoms with Crippen LogP contribution in [0, 0.1) is 5.92 Å². The number of imidazole rings is 1. The average molecular weight is 340 g/mol. The van der Waals surface area contributed by atoms with Crippen molar-refractivity contribution in [3.05, 3.63) is 29.4 Å². The fourth-order valence-electron chi connectivity index (χ4n) is 2.62. The number of carbonyl (C=O) groups excluding carboxylic acids is 1. The summed E-state index contributed by atoms with van der Waals surface area (Å²) in [6, 6.07) is 3.63. The van der Waals surface area contributed by atoms with Gasteiger partial charge in [-0.2, -0.15) is 0 Å². The smallest absolute Gasteiger partial charge is 0.263 e. The third-order valence-corrected chi connectivity index (χ3v) is 5.61. The van der Waals surface area contributed by atoms with Gasteiger partial charge in [0.05, 0.1) is 15.5 Å². The van der Waals surface area contributed by atoms with Crippen LogP contribution in [0.3, 0.4) is 0 Å². The normalized spacial score (nSPS) is 18.8. The molecule has 0 bridgehead atoms. The highest BCUT2D eigenvalue weighted by Gasteiger charge is 2.30. The van der Waals surface area contributed by atoms with Crippen LogP contribution in [0.15, 0.2) is 24.5 Å². The Hall–Kier alpha value is -1.71. The summed E-state index contributed by atoms with van der Waals surface area (Å²) in [5.41, 5.74) is 0. The summed E-state index contributed by atoms with van der Waals surface area (Å²) < 4.78 is 22.3. The monoisotopic (exact) mass is 340 g/mol. The van der Waals surface area contributed by atoms with Crippen molar-refractivity contribution in [3.63, 3.8) is 0 Å². The van der Waals surface area contributed by atoms with Gasteiger partial charge in [0, 0.05) is 25.5 Å². The van der Waals surface area contributed by atoms with Crippen LogP contribution in [-0.4, -0.2) is 48.0 Å². The first-order valence-electron chi connectivity index (χ1n) is 6.82. The van der Waals surface area contributed by atoms with E-state index in [1.165, 1.54) is 11.3 Å². The number of nitrogens with one attached hydrogen (secondary N) is 1. The van der Waals surface area contributed by atoms with E-state index in [4.69, 9.17) is 5.14 Å². The first-order valence-corrected chi connectivity index (χ1v) is 9.35. The second-order valence-electron chi connectivity index (χ2n) is 5.34. The summed E-state index contributed by atoms with van der Waals surface area (Å²) in [5.74, 6) is 0.513. The lowest BCUT2D eigenvalue weighted by atomic mass is 10.2. The zero-order chi connectivity index (χ0) is 15.7. The molecule has 3 N–H and O–H groups in total. The number of likely N-dealkylation sites (tertiary alicyclic amines) is 1. The highest BCUT2D eigenvalue weighted by molar-refractivity contribution is 7.89. The summed E-state index contributed by atoms with van der Waals surface area (Å²) in [4.78, 5) is 22.8. The van der Waals surface area contributed by atoms with Crippen LogP contribution in [0.2, 0.25) is 0 Å². The van der Waals surface area contributed by atoms with E-state index in [0.717, 1.165) is 10.7 Å². The molecular formula is C13H16N4O3S2. The van der Waals surface area contributed by atoms with E-state index < -0.39 is 10.0 Å². The fourth-order valence-corrected chi connectivity index (χ4v) is 4.48. The second kappa shape index (κ2) is 5.82. The van der Waals surface area contributed by atoms with Crippen LogP contribution in [0.1, 0.15) is 16.1 Å². The summed E-state index contributed by atoms with van der Waals surface area (Å²) in [5, 5.41) is 5.07. The number of H-pyrrole nitrogens is 1. The molecular weight excluding hydrogens is 324 g/mol. The number of rotatable bonds is 4. The molecule has 2 aromatic heterocycles. The van der Waals surface area contributed by atoms with Gasteiger partial charge in [-0.1, -0.05) is 0 Å². The maximum Gasteiger partial charge on any atom is 0.263 e. The molecule has 0 aromatic carbocycles. The third-order valence-electron chi connectivity index (χ3n) is 3.59. The molecule has 1 fully saturated rings. The minimum absolute atomic E-state index is 0.0697. The Labute approximate surface area is 132 Å². The second-order valence-corrected chi connectivity index (χ2v) is 8.08. The molecule has 9 heteroatoms. The van der Waals surface area contributed by atoms with Crippen LogP contribution in [-0.2, 0) is 10.0 Å². The number of nitrogens with two attached hydrogens (primary N) is 1. The number of sulfonamides is 1. The maximum absolute atomic E-state index is 12.5. The average Bonchev–Trinajstić information content (AvgIpc) is 3.17. The number of hydrogen-bond donors (Lipinski definition) is 2. The van der Waals surface area contributed by atoms with Gasteiger partial charge in [-0.15, -0.1) is 11.3 Å². The van der Waals surface area contributed by atoms with Crippen molar-refractivity contribution in [1.29, 1.82) is 0 Å². The molecule has 3 heterocycles. The van der Waals surface area contributed by atoms with Crippen molar-refractivity contribution in [2.75, 3.05) is 18.8 Å². The molecule has 1 amide bonds. The van der Waals surface area contributed by atoms with Gasteiger partial charge in [-0.25, -0.2) is 18.5 Å². The summed E-state index contributed by atoms with van der Waals surface area (Å²) >= 11 is 1.37. The molecule has 1 atom stereocenters. The molecule has 0 radical (unpaired) electrons. The maximum atomic E-state index is 12.5. The molecule has 0 unspecified atom stereocenters. The summed E-state index contributed by atoms with van der Waals surface area (Å²) in [6.45, 7) is 0.996. The minimum atomic E-state index is -3.49. The highest BCUT2D eigenvalue weighted by atomic mass is 32.2. The number of aromatic nitrogens is 2.